The molecule has 0 amide bonds. The second-order valence-electron chi connectivity index (χ2n) is 20.9. The summed E-state index contributed by atoms with van der Waals surface area (Å²) in [6, 6.07) is 0. The highest BCUT2D eigenvalue weighted by Gasteiger charge is 2.19. The molecule has 1 unspecified atom stereocenters. The number of esters is 3. The Morgan fingerprint density at radius 1 is 0.280 bits per heavy atom. The maximum absolute atomic E-state index is 12.9. The molecule has 0 aromatic heterocycles. The second-order valence-corrected chi connectivity index (χ2v) is 20.9. The second kappa shape index (κ2) is 62.9. The van der Waals surface area contributed by atoms with E-state index in [0.717, 1.165) is 122 Å². The first-order valence-electron chi connectivity index (χ1n) is 31.7. The van der Waals surface area contributed by atoms with Crippen molar-refractivity contribution in [2.75, 3.05) is 13.2 Å². The van der Waals surface area contributed by atoms with Crippen LogP contribution >= 0.6 is 0 Å². The maximum Gasteiger partial charge on any atom is 0.306 e. The molecule has 0 bridgehead atoms. The molecule has 0 radical (unpaired) electrons. The van der Waals surface area contributed by atoms with E-state index in [4.69, 9.17) is 14.2 Å². The Bertz CT molecular complexity index is 1480. The standard InChI is InChI=1S/C69H118O6/c1-4-7-10-13-16-19-22-25-28-30-32-33-34-35-37-38-41-44-47-50-53-56-59-62-68(71)74-65-66(64-73-67(70)61-58-55-52-49-46-43-40-27-24-21-18-15-12-9-6-3)75-69(72)63-60-57-54-51-48-45-42-39-36-31-29-26-23-20-17-14-11-8-5-2/h9,12,17-18,20-22,25-27,29-30,32,34-35,40,66H,4-8,10-11,13-16,19,23-24,28,31,33,36-39,41-65H2,1-3H3/b12-9-,20-17-,21-18-,25-22-,29-26-,32-30-,35-34-,40-27-. The van der Waals surface area contributed by atoms with E-state index in [1.165, 1.54) is 141 Å². The van der Waals surface area contributed by atoms with Crippen LogP contribution in [-0.4, -0.2) is 37.2 Å². The third-order valence-electron chi connectivity index (χ3n) is 13.5. The highest BCUT2D eigenvalue weighted by atomic mass is 16.6. The molecule has 6 heteroatoms. The minimum atomic E-state index is -0.793. The first kappa shape index (κ1) is 71.3. The van der Waals surface area contributed by atoms with Gasteiger partial charge in [0, 0.05) is 19.3 Å². The minimum absolute atomic E-state index is 0.0887. The van der Waals surface area contributed by atoms with Gasteiger partial charge in [0.05, 0.1) is 0 Å². The molecular formula is C69H118O6. The largest absolute Gasteiger partial charge is 0.462 e. The molecule has 0 aliphatic heterocycles. The van der Waals surface area contributed by atoms with E-state index in [2.05, 4.69) is 118 Å². The number of hydrogen-bond acceptors (Lipinski definition) is 6. The van der Waals surface area contributed by atoms with Crippen LogP contribution in [0.3, 0.4) is 0 Å². The van der Waals surface area contributed by atoms with Crippen LogP contribution in [0.5, 0.6) is 0 Å². The van der Waals surface area contributed by atoms with Gasteiger partial charge in [-0.2, -0.15) is 0 Å². The van der Waals surface area contributed by atoms with Crippen molar-refractivity contribution in [3.63, 3.8) is 0 Å². The number of allylic oxidation sites excluding steroid dienone is 16. The van der Waals surface area contributed by atoms with Gasteiger partial charge in [-0.3, -0.25) is 14.4 Å². The van der Waals surface area contributed by atoms with Crippen molar-refractivity contribution < 1.29 is 28.6 Å². The Labute approximate surface area is 464 Å². The van der Waals surface area contributed by atoms with E-state index < -0.39 is 6.10 Å². The van der Waals surface area contributed by atoms with Gasteiger partial charge in [-0.1, -0.05) is 259 Å². The fraction of sp³-hybridized carbons (Fsp3) is 0.725. The predicted molar refractivity (Wildman–Crippen MR) is 325 cm³/mol. The number of ether oxygens (including phenoxy) is 3. The van der Waals surface area contributed by atoms with Crippen LogP contribution in [-0.2, 0) is 28.6 Å². The van der Waals surface area contributed by atoms with Gasteiger partial charge in [-0.25, -0.2) is 0 Å². The normalized spacial score (nSPS) is 12.7. The summed E-state index contributed by atoms with van der Waals surface area (Å²) in [5, 5.41) is 0. The van der Waals surface area contributed by atoms with Gasteiger partial charge in [0.25, 0.3) is 0 Å². The lowest BCUT2D eigenvalue weighted by Crippen LogP contribution is -2.30. The zero-order valence-electron chi connectivity index (χ0n) is 49.3. The summed E-state index contributed by atoms with van der Waals surface area (Å²) >= 11 is 0. The minimum Gasteiger partial charge on any atom is -0.462 e. The molecule has 0 aliphatic carbocycles. The number of rotatable bonds is 57. The lowest BCUT2D eigenvalue weighted by Gasteiger charge is -2.18. The van der Waals surface area contributed by atoms with Crippen molar-refractivity contribution in [3.8, 4) is 0 Å². The number of hydrogen-bond donors (Lipinski definition) is 0. The zero-order valence-corrected chi connectivity index (χ0v) is 49.3. The smallest absolute Gasteiger partial charge is 0.306 e. The maximum atomic E-state index is 12.9. The average molecular weight is 1040 g/mol. The molecule has 1 atom stereocenters. The van der Waals surface area contributed by atoms with Crippen LogP contribution in [0.4, 0.5) is 0 Å². The Hall–Kier alpha value is -3.67. The first-order chi connectivity index (χ1) is 37.0. The number of unbranched alkanes of at least 4 members (excludes halogenated alkanes) is 30. The first-order valence-corrected chi connectivity index (χ1v) is 31.7. The predicted octanol–water partition coefficient (Wildman–Crippen LogP) is 21.7. The summed E-state index contributed by atoms with van der Waals surface area (Å²) in [4.78, 5) is 38.3. The van der Waals surface area contributed by atoms with Crippen molar-refractivity contribution in [3.05, 3.63) is 97.2 Å². The van der Waals surface area contributed by atoms with E-state index in [0.29, 0.717) is 19.3 Å². The fourth-order valence-corrected chi connectivity index (χ4v) is 8.79. The average Bonchev–Trinajstić information content (AvgIpc) is 3.41. The third-order valence-corrected chi connectivity index (χ3v) is 13.5. The van der Waals surface area contributed by atoms with Crippen molar-refractivity contribution in [1.82, 2.24) is 0 Å². The lowest BCUT2D eigenvalue weighted by molar-refractivity contribution is -0.167. The number of carbonyl (C=O) groups excluding carboxylic acids is 3. The van der Waals surface area contributed by atoms with Crippen LogP contribution < -0.4 is 0 Å². The van der Waals surface area contributed by atoms with Crippen molar-refractivity contribution >= 4 is 17.9 Å². The van der Waals surface area contributed by atoms with Gasteiger partial charge in [0.2, 0.25) is 0 Å². The molecule has 0 rings (SSSR count). The van der Waals surface area contributed by atoms with Crippen LogP contribution in [0.1, 0.15) is 303 Å². The summed E-state index contributed by atoms with van der Waals surface area (Å²) < 4.78 is 16.9. The van der Waals surface area contributed by atoms with Crippen molar-refractivity contribution in [1.29, 1.82) is 0 Å². The summed E-state index contributed by atoms with van der Waals surface area (Å²) in [5.74, 6) is -0.908. The fourth-order valence-electron chi connectivity index (χ4n) is 8.79. The molecular weight excluding hydrogens is 925 g/mol. The molecule has 0 heterocycles. The van der Waals surface area contributed by atoms with Gasteiger partial charge < -0.3 is 14.2 Å². The molecule has 430 valence electrons. The molecule has 0 saturated carbocycles. The van der Waals surface area contributed by atoms with Crippen LogP contribution in [0.15, 0.2) is 97.2 Å². The summed E-state index contributed by atoms with van der Waals surface area (Å²) in [5.41, 5.74) is 0. The Morgan fingerprint density at radius 2 is 0.520 bits per heavy atom. The summed E-state index contributed by atoms with van der Waals surface area (Å²) in [6.07, 6.45) is 84.0. The van der Waals surface area contributed by atoms with Crippen LogP contribution in [0, 0.1) is 0 Å². The zero-order chi connectivity index (χ0) is 54.3. The Kier molecular flexibility index (Phi) is 59.8. The molecule has 6 nitrogen and oxygen atoms in total. The van der Waals surface area contributed by atoms with E-state index in [9.17, 15) is 14.4 Å². The monoisotopic (exact) mass is 1040 g/mol. The molecule has 0 aliphatic rings. The molecule has 0 fully saturated rings. The highest BCUT2D eigenvalue weighted by molar-refractivity contribution is 5.71. The van der Waals surface area contributed by atoms with Gasteiger partial charge in [-0.15, -0.1) is 0 Å². The van der Waals surface area contributed by atoms with Crippen molar-refractivity contribution in [2.45, 2.75) is 309 Å². The van der Waals surface area contributed by atoms with Gasteiger partial charge in [0.1, 0.15) is 13.2 Å². The molecule has 0 saturated heterocycles. The molecule has 75 heavy (non-hydrogen) atoms. The summed E-state index contributed by atoms with van der Waals surface area (Å²) in [6.45, 7) is 6.49. The molecule has 0 N–H and O–H groups in total. The van der Waals surface area contributed by atoms with Crippen LogP contribution in [0.25, 0.3) is 0 Å². The van der Waals surface area contributed by atoms with E-state index >= 15 is 0 Å². The van der Waals surface area contributed by atoms with E-state index in [1.54, 1.807) is 0 Å². The third kappa shape index (κ3) is 61.1. The van der Waals surface area contributed by atoms with Gasteiger partial charge in [0.15, 0.2) is 6.10 Å². The van der Waals surface area contributed by atoms with Gasteiger partial charge in [-0.05, 0) is 122 Å². The van der Waals surface area contributed by atoms with Crippen molar-refractivity contribution in [2.24, 2.45) is 0 Å². The molecule has 0 spiro atoms. The van der Waals surface area contributed by atoms with Crippen LogP contribution in [0.2, 0.25) is 0 Å². The van der Waals surface area contributed by atoms with Gasteiger partial charge >= 0.3 is 17.9 Å². The lowest BCUT2D eigenvalue weighted by atomic mass is 10.1. The molecule has 0 aromatic carbocycles. The van der Waals surface area contributed by atoms with E-state index in [1.807, 2.05) is 0 Å². The van der Waals surface area contributed by atoms with E-state index in [-0.39, 0.29) is 31.1 Å². The topological polar surface area (TPSA) is 78.9 Å². The quantitative estimate of drug-likeness (QED) is 0.0261. The Morgan fingerprint density at radius 3 is 0.840 bits per heavy atom. The number of carbonyl (C=O) groups is 3. The summed E-state index contributed by atoms with van der Waals surface area (Å²) in [7, 11) is 0. The Balaban J connectivity index is 4.39. The SMILES string of the molecule is CC/C=C\C/C=C\C/C=C\CCCCCCCC(=O)OCC(COC(=O)CCCCCCCCCC/C=C\C/C=C\C/C=C\CCCCCCC)OC(=O)CCCCCCCCCCC/C=C\C/C=C\CCCCC. The molecule has 0 aromatic rings. The highest BCUT2D eigenvalue weighted by Crippen LogP contribution is 2.15.